The number of rotatable bonds is 7. The Balaban J connectivity index is 1.89. The van der Waals surface area contributed by atoms with Gasteiger partial charge in [0.05, 0.1) is 5.25 Å². The average Bonchev–Trinajstić information content (AvgIpc) is 3.31. The highest BCUT2D eigenvalue weighted by molar-refractivity contribution is 7.90. The summed E-state index contributed by atoms with van der Waals surface area (Å²) in [5.41, 5.74) is 0. The molecule has 1 aliphatic carbocycles. The number of hydrogen-bond acceptors (Lipinski definition) is 3. The monoisotopic (exact) mass is 316 g/mol. The van der Waals surface area contributed by atoms with Crippen molar-refractivity contribution in [3.05, 3.63) is 0 Å². The van der Waals surface area contributed by atoms with Crippen LogP contribution in [0.3, 0.4) is 0 Å². The van der Waals surface area contributed by atoms with Gasteiger partial charge in [0.2, 0.25) is 15.9 Å². The normalized spacial score (nSPS) is 21.0. The minimum absolute atomic E-state index is 0.117. The van der Waals surface area contributed by atoms with Gasteiger partial charge in [0.1, 0.15) is 0 Å². The van der Waals surface area contributed by atoms with Gasteiger partial charge in [0, 0.05) is 32.1 Å². The summed E-state index contributed by atoms with van der Waals surface area (Å²) in [5, 5.41) is -0.146. The average molecular weight is 316 g/mol. The van der Waals surface area contributed by atoms with Crippen LogP contribution < -0.4 is 0 Å². The second kappa shape index (κ2) is 7.09. The molecule has 0 aromatic heterocycles. The van der Waals surface area contributed by atoms with E-state index < -0.39 is 10.0 Å². The lowest BCUT2D eigenvalue weighted by molar-refractivity contribution is -0.137. The minimum Gasteiger partial charge on any atom is -0.340 e. The lowest BCUT2D eigenvalue weighted by Crippen LogP contribution is -2.52. The molecule has 0 bridgehead atoms. The zero-order valence-electron chi connectivity index (χ0n) is 13.3. The molecule has 0 radical (unpaired) electrons. The van der Waals surface area contributed by atoms with Crippen molar-refractivity contribution in [1.29, 1.82) is 0 Å². The molecular formula is C15H28N2O3S. The third-order valence-corrected chi connectivity index (χ3v) is 6.88. The maximum absolute atomic E-state index is 12.5. The number of carbonyl (C=O) groups is 1. The van der Waals surface area contributed by atoms with Crippen LogP contribution in [0, 0.1) is 5.92 Å². The second-order valence-corrected chi connectivity index (χ2v) is 8.46. The van der Waals surface area contributed by atoms with Gasteiger partial charge in [-0.25, -0.2) is 8.42 Å². The van der Waals surface area contributed by atoms with Crippen molar-refractivity contribution in [1.82, 2.24) is 9.21 Å². The highest BCUT2D eigenvalue weighted by atomic mass is 32.2. The molecule has 0 unspecified atom stereocenters. The van der Waals surface area contributed by atoms with Crippen molar-refractivity contribution < 1.29 is 13.2 Å². The molecule has 0 spiro atoms. The maximum atomic E-state index is 12.5. The predicted octanol–water partition coefficient (Wildman–Crippen LogP) is 1.84. The molecule has 1 aliphatic heterocycles. The lowest BCUT2D eigenvalue weighted by atomic mass is 9.96. The molecule has 2 fully saturated rings. The molecule has 6 heteroatoms. The Labute approximate surface area is 128 Å². The SMILES string of the molecule is CCCC(CCC)C(=O)N1CCN(S(=O)(=O)C2CC2)CC1. The van der Waals surface area contributed by atoms with Crippen LogP contribution in [0.2, 0.25) is 0 Å². The van der Waals surface area contributed by atoms with E-state index in [0.717, 1.165) is 38.5 Å². The van der Waals surface area contributed by atoms with Gasteiger partial charge < -0.3 is 4.90 Å². The first-order chi connectivity index (χ1) is 10.0. The van der Waals surface area contributed by atoms with Gasteiger partial charge in [0.15, 0.2) is 0 Å². The van der Waals surface area contributed by atoms with Crippen molar-refractivity contribution in [2.24, 2.45) is 5.92 Å². The van der Waals surface area contributed by atoms with E-state index in [9.17, 15) is 13.2 Å². The van der Waals surface area contributed by atoms with E-state index in [4.69, 9.17) is 0 Å². The number of hydrogen-bond donors (Lipinski definition) is 0. The van der Waals surface area contributed by atoms with Gasteiger partial charge in [-0.2, -0.15) is 4.31 Å². The first kappa shape index (κ1) is 16.7. The van der Waals surface area contributed by atoms with E-state index in [0.29, 0.717) is 26.2 Å². The van der Waals surface area contributed by atoms with Crippen LogP contribution in [-0.2, 0) is 14.8 Å². The van der Waals surface area contributed by atoms with Crippen molar-refractivity contribution in [2.75, 3.05) is 26.2 Å². The number of nitrogens with zero attached hydrogens (tertiary/aromatic N) is 2. The van der Waals surface area contributed by atoms with Gasteiger partial charge in [-0.15, -0.1) is 0 Å². The molecule has 2 aliphatic rings. The first-order valence-electron chi connectivity index (χ1n) is 8.28. The zero-order valence-corrected chi connectivity index (χ0v) is 14.1. The largest absolute Gasteiger partial charge is 0.340 e. The molecule has 0 aromatic carbocycles. The van der Waals surface area contributed by atoms with E-state index in [1.807, 2.05) is 4.90 Å². The molecule has 1 amide bonds. The number of carbonyl (C=O) groups excluding carboxylic acids is 1. The minimum atomic E-state index is -3.08. The summed E-state index contributed by atoms with van der Waals surface area (Å²) in [6.07, 6.45) is 5.52. The van der Waals surface area contributed by atoms with Crippen molar-refractivity contribution in [3.63, 3.8) is 0 Å². The van der Waals surface area contributed by atoms with Crippen LogP contribution in [0.25, 0.3) is 0 Å². The van der Waals surface area contributed by atoms with E-state index in [2.05, 4.69) is 13.8 Å². The standard InChI is InChI=1S/C15H28N2O3S/c1-3-5-13(6-4-2)15(18)16-9-11-17(12-10-16)21(19,20)14-7-8-14/h13-14H,3-12H2,1-2H3. The predicted molar refractivity (Wildman–Crippen MR) is 83.4 cm³/mol. The smallest absolute Gasteiger partial charge is 0.225 e. The van der Waals surface area contributed by atoms with Gasteiger partial charge in [-0.05, 0) is 25.7 Å². The van der Waals surface area contributed by atoms with Crippen LogP contribution in [0.5, 0.6) is 0 Å². The van der Waals surface area contributed by atoms with Crippen molar-refractivity contribution in [2.45, 2.75) is 57.6 Å². The Morgan fingerprint density at radius 1 is 1.05 bits per heavy atom. The second-order valence-electron chi connectivity index (χ2n) is 6.24. The summed E-state index contributed by atoms with van der Waals surface area (Å²) in [4.78, 5) is 14.4. The van der Waals surface area contributed by atoms with E-state index in [1.54, 1.807) is 4.31 Å². The molecule has 5 nitrogen and oxygen atoms in total. The van der Waals surface area contributed by atoms with Crippen LogP contribution in [-0.4, -0.2) is 55.0 Å². The van der Waals surface area contributed by atoms with E-state index in [-0.39, 0.29) is 17.1 Å². The lowest BCUT2D eigenvalue weighted by Gasteiger charge is -2.36. The molecular weight excluding hydrogens is 288 g/mol. The highest BCUT2D eigenvalue weighted by Crippen LogP contribution is 2.31. The molecule has 2 rings (SSSR count). The van der Waals surface area contributed by atoms with Crippen LogP contribution in [0.15, 0.2) is 0 Å². The molecule has 1 heterocycles. The Hall–Kier alpha value is -0.620. The number of sulfonamides is 1. The summed E-state index contributed by atoms with van der Waals surface area (Å²) >= 11 is 0. The summed E-state index contributed by atoms with van der Waals surface area (Å²) in [6, 6.07) is 0. The van der Waals surface area contributed by atoms with Crippen LogP contribution in [0.1, 0.15) is 52.4 Å². The summed E-state index contributed by atoms with van der Waals surface area (Å²) in [5.74, 6) is 0.341. The first-order valence-corrected chi connectivity index (χ1v) is 9.78. The van der Waals surface area contributed by atoms with E-state index in [1.165, 1.54) is 0 Å². The molecule has 21 heavy (non-hydrogen) atoms. The number of piperazine rings is 1. The van der Waals surface area contributed by atoms with Gasteiger partial charge in [0.25, 0.3) is 0 Å². The van der Waals surface area contributed by atoms with Crippen molar-refractivity contribution in [3.8, 4) is 0 Å². The quantitative estimate of drug-likeness (QED) is 0.720. The molecule has 0 N–H and O–H groups in total. The van der Waals surface area contributed by atoms with Crippen LogP contribution in [0.4, 0.5) is 0 Å². The third-order valence-electron chi connectivity index (χ3n) is 4.48. The molecule has 0 aromatic rings. The Bertz CT molecular complexity index is 446. The zero-order chi connectivity index (χ0) is 15.5. The topological polar surface area (TPSA) is 57.7 Å². The Morgan fingerprint density at radius 3 is 2.00 bits per heavy atom. The molecule has 122 valence electrons. The van der Waals surface area contributed by atoms with Gasteiger partial charge in [-0.3, -0.25) is 4.79 Å². The van der Waals surface area contributed by atoms with Crippen LogP contribution >= 0.6 is 0 Å². The van der Waals surface area contributed by atoms with Gasteiger partial charge >= 0.3 is 0 Å². The fraction of sp³-hybridized carbons (Fsp3) is 0.933. The van der Waals surface area contributed by atoms with E-state index >= 15 is 0 Å². The Kier molecular flexibility index (Phi) is 5.66. The summed E-state index contributed by atoms with van der Waals surface area (Å²) in [7, 11) is -3.08. The third kappa shape index (κ3) is 3.97. The summed E-state index contributed by atoms with van der Waals surface area (Å²) < 4.78 is 26.0. The Morgan fingerprint density at radius 2 is 1.57 bits per heavy atom. The fourth-order valence-electron chi connectivity index (χ4n) is 3.09. The highest BCUT2D eigenvalue weighted by Gasteiger charge is 2.41. The fourth-order valence-corrected chi connectivity index (χ4v) is 4.91. The van der Waals surface area contributed by atoms with Gasteiger partial charge in [-0.1, -0.05) is 26.7 Å². The van der Waals surface area contributed by atoms with Crippen molar-refractivity contribution >= 4 is 15.9 Å². The summed E-state index contributed by atoms with van der Waals surface area (Å²) in [6.45, 7) is 6.25. The molecule has 1 saturated carbocycles. The molecule has 1 saturated heterocycles. The maximum Gasteiger partial charge on any atom is 0.225 e. The number of amides is 1. The molecule has 0 atom stereocenters.